The predicted molar refractivity (Wildman–Crippen MR) is 99.9 cm³/mol. The number of aromatic nitrogens is 2. The molecule has 2 aromatic carbocycles. The topological polar surface area (TPSA) is 114 Å². The maximum absolute atomic E-state index is 11.9. The summed E-state index contributed by atoms with van der Waals surface area (Å²) < 4.78 is 5.36. The molecule has 0 saturated carbocycles. The fraction of sp³-hybridized carbons (Fsp3) is 0.0556. The molecule has 0 aliphatic carbocycles. The van der Waals surface area contributed by atoms with E-state index in [4.69, 9.17) is 10.5 Å². The molecule has 8 heteroatoms. The first-order chi connectivity index (χ1) is 12.7. The van der Waals surface area contributed by atoms with Crippen molar-refractivity contribution in [3.05, 3.63) is 67.0 Å². The molecule has 0 aliphatic heterocycles. The number of nitrogens with zero attached hydrogens (tertiary/aromatic N) is 2. The Balaban J connectivity index is 1.56. The number of hydrazine groups is 1. The number of nitrogen functional groups attached to an aromatic ring is 1. The molecule has 0 saturated heterocycles. The number of amides is 1. The van der Waals surface area contributed by atoms with Gasteiger partial charge < -0.3 is 15.8 Å². The van der Waals surface area contributed by atoms with Gasteiger partial charge in [-0.05, 0) is 24.3 Å². The zero-order valence-corrected chi connectivity index (χ0v) is 13.8. The van der Waals surface area contributed by atoms with Crippen molar-refractivity contribution in [2.75, 3.05) is 23.1 Å². The summed E-state index contributed by atoms with van der Waals surface area (Å²) in [4.78, 5) is 20.0. The van der Waals surface area contributed by atoms with Gasteiger partial charge in [-0.1, -0.05) is 36.4 Å². The van der Waals surface area contributed by atoms with Crippen molar-refractivity contribution in [2.24, 2.45) is 0 Å². The summed E-state index contributed by atoms with van der Waals surface area (Å²) in [6.07, 6.45) is 1.34. The maximum atomic E-state index is 11.9. The monoisotopic (exact) mass is 350 g/mol. The Morgan fingerprint density at radius 1 is 0.962 bits per heavy atom. The van der Waals surface area contributed by atoms with Crippen molar-refractivity contribution < 1.29 is 9.53 Å². The van der Waals surface area contributed by atoms with Gasteiger partial charge in [0.2, 0.25) is 0 Å². The number of benzene rings is 2. The first-order valence-electron chi connectivity index (χ1n) is 7.87. The molecule has 3 aromatic rings. The number of nitrogens with one attached hydrogen (secondary N) is 3. The van der Waals surface area contributed by atoms with Crippen LogP contribution < -0.4 is 26.6 Å². The SMILES string of the molecule is Nc1c(NNC(=O)COc2ccccc2)ncnc1Nc1ccccc1. The standard InChI is InChI=1S/C18H18N6O2/c19-16-17(22-13-7-3-1-4-8-13)20-12-21-18(16)24-23-15(25)11-26-14-9-5-2-6-10-14/h1-10,12H,11,19H2,(H,23,25)(H2,20,21,22,24). The zero-order chi connectivity index (χ0) is 18.2. The van der Waals surface area contributed by atoms with Crippen LogP contribution in [0, 0.1) is 0 Å². The Labute approximate surface area is 150 Å². The van der Waals surface area contributed by atoms with Crippen LogP contribution >= 0.6 is 0 Å². The van der Waals surface area contributed by atoms with Crippen LogP contribution in [0.5, 0.6) is 5.75 Å². The molecule has 132 valence electrons. The number of carbonyl (C=O) groups excluding carboxylic acids is 1. The second-order valence-electron chi connectivity index (χ2n) is 5.25. The predicted octanol–water partition coefficient (Wildman–Crippen LogP) is 2.32. The Morgan fingerprint density at radius 3 is 2.35 bits per heavy atom. The largest absolute Gasteiger partial charge is 0.484 e. The fourth-order valence-electron chi connectivity index (χ4n) is 2.08. The van der Waals surface area contributed by atoms with Gasteiger partial charge in [0.1, 0.15) is 17.8 Å². The van der Waals surface area contributed by atoms with Gasteiger partial charge in [0.05, 0.1) is 0 Å². The van der Waals surface area contributed by atoms with E-state index in [1.165, 1.54) is 6.33 Å². The lowest BCUT2D eigenvalue weighted by atomic mass is 10.3. The van der Waals surface area contributed by atoms with Crippen molar-refractivity contribution in [3.63, 3.8) is 0 Å². The van der Waals surface area contributed by atoms with E-state index in [0.29, 0.717) is 11.6 Å². The van der Waals surface area contributed by atoms with Crippen LogP contribution in [-0.2, 0) is 4.79 Å². The van der Waals surface area contributed by atoms with Gasteiger partial charge in [0.25, 0.3) is 5.91 Å². The number of carbonyl (C=O) groups is 1. The lowest BCUT2D eigenvalue weighted by Crippen LogP contribution is -2.34. The zero-order valence-electron chi connectivity index (χ0n) is 13.8. The van der Waals surface area contributed by atoms with Crippen molar-refractivity contribution in [1.82, 2.24) is 15.4 Å². The smallest absolute Gasteiger partial charge is 0.276 e. The summed E-state index contributed by atoms with van der Waals surface area (Å²) in [6.45, 7) is -0.142. The molecule has 0 spiro atoms. The molecule has 1 aromatic heterocycles. The minimum absolute atomic E-state index is 0.142. The average molecular weight is 350 g/mol. The number of hydrogen-bond acceptors (Lipinski definition) is 7. The van der Waals surface area contributed by atoms with Gasteiger partial charge in [0.15, 0.2) is 18.2 Å². The molecular weight excluding hydrogens is 332 g/mol. The van der Waals surface area contributed by atoms with Gasteiger partial charge in [0, 0.05) is 5.69 Å². The van der Waals surface area contributed by atoms with Gasteiger partial charge in [-0.15, -0.1) is 0 Å². The van der Waals surface area contributed by atoms with Crippen molar-refractivity contribution in [2.45, 2.75) is 0 Å². The second-order valence-corrected chi connectivity index (χ2v) is 5.25. The molecule has 1 heterocycles. The lowest BCUT2D eigenvalue weighted by Gasteiger charge is -2.13. The first kappa shape index (κ1) is 17.0. The van der Waals surface area contributed by atoms with Gasteiger partial charge >= 0.3 is 0 Å². The highest BCUT2D eigenvalue weighted by atomic mass is 16.5. The molecule has 0 atom stereocenters. The molecule has 3 rings (SSSR count). The van der Waals surface area contributed by atoms with Crippen LogP contribution in [0.1, 0.15) is 0 Å². The molecule has 26 heavy (non-hydrogen) atoms. The van der Waals surface area contributed by atoms with Gasteiger partial charge in [-0.2, -0.15) is 0 Å². The summed E-state index contributed by atoms with van der Waals surface area (Å²) in [7, 11) is 0. The van der Waals surface area contributed by atoms with Crippen LogP contribution in [0.25, 0.3) is 0 Å². The van der Waals surface area contributed by atoms with Crippen molar-refractivity contribution >= 4 is 28.9 Å². The molecule has 0 bridgehead atoms. The summed E-state index contributed by atoms with van der Waals surface area (Å²) in [6, 6.07) is 18.5. The number of rotatable bonds is 7. The van der Waals surface area contributed by atoms with Crippen LogP contribution in [0.3, 0.4) is 0 Å². The lowest BCUT2D eigenvalue weighted by molar-refractivity contribution is -0.122. The average Bonchev–Trinajstić information content (AvgIpc) is 2.69. The Bertz CT molecular complexity index is 858. The van der Waals surface area contributed by atoms with Gasteiger partial charge in [-0.25, -0.2) is 9.97 Å². The number of nitrogens with two attached hydrogens (primary N) is 1. The minimum Gasteiger partial charge on any atom is -0.484 e. The van der Waals surface area contributed by atoms with Crippen LogP contribution in [0.15, 0.2) is 67.0 Å². The third-order valence-corrected chi connectivity index (χ3v) is 3.35. The molecule has 0 radical (unpaired) electrons. The molecule has 1 amide bonds. The van der Waals surface area contributed by atoms with Gasteiger partial charge in [-0.3, -0.25) is 15.6 Å². The highest BCUT2D eigenvalue weighted by Gasteiger charge is 2.09. The Kier molecular flexibility index (Phi) is 5.46. The summed E-state index contributed by atoms with van der Waals surface area (Å²) in [5.41, 5.74) is 12.3. The number of hydrogen-bond donors (Lipinski definition) is 4. The van der Waals surface area contributed by atoms with Crippen LogP contribution in [0.4, 0.5) is 23.0 Å². The summed E-state index contributed by atoms with van der Waals surface area (Å²) in [5.74, 6) is 0.956. The summed E-state index contributed by atoms with van der Waals surface area (Å²) >= 11 is 0. The number of anilines is 4. The van der Waals surface area contributed by atoms with E-state index in [1.807, 2.05) is 48.5 Å². The third-order valence-electron chi connectivity index (χ3n) is 3.35. The van der Waals surface area contributed by atoms with Crippen molar-refractivity contribution in [1.29, 1.82) is 0 Å². The number of ether oxygens (including phenoxy) is 1. The maximum Gasteiger partial charge on any atom is 0.276 e. The summed E-state index contributed by atoms with van der Waals surface area (Å²) in [5, 5.41) is 3.09. The normalized spacial score (nSPS) is 10.0. The molecule has 0 fully saturated rings. The highest BCUT2D eigenvalue weighted by molar-refractivity contribution is 5.82. The van der Waals surface area contributed by atoms with Crippen LogP contribution in [-0.4, -0.2) is 22.5 Å². The van der Waals surface area contributed by atoms with E-state index in [9.17, 15) is 4.79 Å². The highest BCUT2D eigenvalue weighted by Crippen LogP contribution is 2.24. The Morgan fingerprint density at radius 2 is 1.62 bits per heavy atom. The van der Waals surface area contributed by atoms with E-state index < -0.39 is 0 Å². The molecule has 5 N–H and O–H groups in total. The van der Waals surface area contributed by atoms with E-state index in [-0.39, 0.29) is 24.0 Å². The third kappa shape index (κ3) is 4.60. The fourth-order valence-corrected chi connectivity index (χ4v) is 2.08. The van der Waals surface area contributed by atoms with Crippen molar-refractivity contribution in [3.8, 4) is 5.75 Å². The molecule has 0 unspecified atom stereocenters. The Hall–Kier alpha value is -3.81. The second kappa shape index (κ2) is 8.34. The van der Waals surface area contributed by atoms with E-state index in [2.05, 4.69) is 26.1 Å². The molecule has 8 nitrogen and oxygen atoms in total. The first-order valence-corrected chi connectivity index (χ1v) is 7.87. The van der Waals surface area contributed by atoms with Crippen LogP contribution in [0.2, 0.25) is 0 Å². The molecule has 0 aliphatic rings. The minimum atomic E-state index is -0.371. The van der Waals surface area contributed by atoms with E-state index in [0.717, 1.165) is 5.69 Å². The van der Waals surface area contributed by atoms with E-state index in [1.54, 1.807) is 12.1 Å². The number of para-hydroxylation sites is 2. The quantitative estimate of drug-likeness (QED) is 0.484. The molecular formula is C18H18N6O2. The van der Waals surface area contributed by atoms with E-state index >= 15 is 0 Å².